The lowest BCUT2D eigenvalue weighted by Gasteiger charge is -2.02. The first kappa shape index (κ1) is 14.0. The maximum atomic E-state index is 5.68. The third kappa shape index (κ3) is 2.73. The van der Waals surface area contributed by atoms with Gasteiger partial charge in [0.25, 0.3) is 5.89 Å². The van der Waals surface area contributed by atoms with E-state index in [4.69, 9.17) is 8.83 Å². The van der Waals surface area contributed by atoms with E-state index in [1.54, 1.807) is 24.2 Å². The Morgan fingerprint density at radius 3 is 2.91 bits per heavy atom. The molecule has 0 bridgehead atoms. The summed E-state index contributed by atoms with van der Waals surface area (Å²) in [5.74, 6) is 2.59. The molecule has 0 N–H and O–H groups in total. The first-order valence-electron chi connectivity index (χ1n) is 7.14. The zero-order valence-corrected chi connectivity index (χ0v) is 13.2. The minimum absolute atomic E-state index is 0.507. The maximum Gasteiger partial charge on any atom is 0.263 e. The lowest BCUT2D eigenvalue weighted by Crippen LogP contribution is -1.90. The molecular formula is C17H13N3O2S. The molecule has 5 nitrogen and oxygen atoms in total. The van der Waals surface area contributed by atoms with Crippen LogP contribution in [-0.2, 0) is 5.75 Å². The number of hydrogen-bond donors (Lipinski definition) is 0. The second kappa shape index (κ2) is 5.89. The van der Waals surface area contributed by atoms with Crippen LogP contribution in [0.25, 0.3) is 22.4 Å². The van der Waals surface area contributed by atoms with E-state index in [2.05, 4.69) is 21.2 Å². The van der Waals surface area contributed by atoms with Crippen LogP contribution in [0.2, 0.25) is 0 Å². The van der Waals surface area contributed by atoms with Gasteiger partial charge in [0.2, 0.25) is 0 Å². The van der Waals surface area contributed by atoms with Crippen LogP contribution in [0.3, 0.4) is 0 Å². The smallest absolute Gasteiger partial charge is 0.263 e. The van der Waals surface area contributed by atoms with Gasteiger partial charge in [0.15, 0.2) is 5.76 Å². The van der Waals surface area contributed by atoms with Crippen LogP contribution in [0.4, 0.5) is 0 Å². The van der Waals surface area contributed by atoms with Gasteiger partial charge in [-0.15, -0.1) is 5.10 Å². The van der Waals surface area contributed by atoms with Gasteiger partial charge in [0.1, 0.15) is 10.8 Å². The molecule has 3 heterocycles. The van der Waals surface area contributed by atoms with Crippen molar-refractivity contribution in [1.29, 1.82) is 0 Å². The van der Waals surface area contributed by atoms with Gasteiger partial charge in [0, 0.05) is 16.5 Å². The molecule has 1 aromatic carbocycles. The highest BCUT2D eigenvalue weighted by atomic mass is 32.2. The maximum absolute atomic E-state index is 5.68. The molecule has 23 heavy (non-hydrogen) atoms. The Bertz CT molecular complexity index is 942. The van der Waals surface area contributed by atoms with Gasteiger partial charge in [-0.3, -0.25) is 0 Å². The van der Waals surface area contributed by atoms with Crippen LogP contribution in [0, 0.1) is 6.92 Å². The van der Waals surface area contributed by atoms with E-state index in [-0.39, 0.29) is 0 Å². The fraction of sp³-hybridized carbons (Fsp3) is 0.118. The topological polar surface area (TPSA) is 65.0 Å². The average Bonchev–Trinajstić information content (AvgIpc) is 3.22. The molecule has 0 aliphatic carbocycles. The summed E-state index contributed by atoms with van der Waals surface area (Å²) >= 11 is 1.60. The van der Waals surface area contributed by atoms with E-state index < -0.39 is 0 Å². The Morgan fingerprint density at radius 1 is 1.13 bits per heavy atom. The van der Waals surface area contributed by atoms with E-state index in [0.29, 0.717) is 17.4 Å². The molecule has 0 saturated heterocycles. The normalized spacial score (nSPS) is 11.2. The predicted molar refractivity (Wildman–Crippen MR) is 88.0 cm³/mol. The molecule has 0 spiro atoms. The average molecular weight is 323 g/mol. The van der Waals surface area contributed by atoms with Gasteiger partial charge < -0.3 is 8.83 Å². The monoisotopic (exact) mass is 323 g/mol. The number of rotatable bonds is 4. The number of furan rings is 1. The van der Waals surface area contributed by atoms with Gasteiger partial charge in [-0.05, 0) is 19.1 Å². The van der Waals surface area contributed by atoms with Crippen LogP contribution in [0.15, 0.2) is 62.7 Å². The van der Waals surface area contributed by atoms with E-state index in [9.17, 15) is 0 Å². The summed E-state index contributed by atoms with van der Waals surface area (Å²) in [6.07, 6.45) is 3.38. The number of hydrogen-bond acceptors (Lipinski definition) is 6. The molecule has 0 unspecified atom stereocenters. The van der Waals surface area contributed by atoms with Gasteiger partial charge in [-0.1, -0.05) is 36.0 Å². The number of nitrogens with zero attached hydrogens (tertiary/aromatic N) is 3. The summed E-state index contributed by atoms with van der Waals surface area (Å²) in [5, 5.41) is 11.4. The van der Waals surface area contributed by atoms with Crippen molar-refractivity contribution in [3.63, 3.8) is 0 Å². The first-order valence-corrected chi connectivity index (χ1v) is 8.13. The molecule has 114 valence electrons. The molecular weight excluding hydrogens is 310 g/mol. The second-order valence-corrected chi connectivity index (χ2v) is 5.99. The number of thioether (sulfide) groups is 1. The van der Waals surface area contributed by atoms with Crippen LogP contribution in [0.5, 0.6) is 0 Å². The quantitative estimate of drug-likeness (QED) is 0.516. The minimum atomic E-state index is 0.507. The van der Waals surface area contributed by atoms with Crippen molar-refractivity contribution in [1.82, 2.24) is 15.2 Å². The van der Waals surface area contributed by atoms with Crippen molar-refractivity contribution in [2.75, 3.05) is 0 Å². The summed E-state index contributed by atoms with van der Waals surface area (Å²) in [6, 6.07) is 11.7. The van der Waals surface area contributed by atoms with Crippen molar-refractivity contribution in [3.05, 3.63) is 60.3 Å². The molecule has 0 saturated carbocycles. The molecule has 4 rings (SSSR count). The van der Waals surface area contributed by atoms with Crippen LogP contribution in [0.1, 0.15) is 11.5 Å². The number of fused-ring (bicyclic) bond motifs is 1. The molecule has 0 fully saturated rings. The molecule has 0 aliphatic heterocycles. The van der Waals surface area contributed by atoms with Crippen molar-refractivity contribution in [3.8, 4) is 11.7 Å². The minimum Gasteiger partial charge on any atom is -0.459 e. The summed E-state index contributed by atoms with van der Waals surface area (Å²) < 4.78 is 11.0. The molecule has 0 radical (unpaired) electrons. The third-order valence-corrected chi connectivity index (χ3v) is 4.50. The second-order valence-electron chi connectivity index (χ2n) is 5.02. The molecule has 4 aromatic rings. The van der Waals surface area contributed by atoms with Crippen LogP contribution in [-0.4, -0.2) is 15.2 Å². The lowest BCUT2D eigenvalue weighted by atomic mass is 10.2. The number of oxazole rings is 1. The van der Waals surface area contributed by atoms with Crippen molar-refractivity contribution < 1.29 is 8.83 Å². The summed E-state index contributed by atoms with van der Waals surface area (Å²) in [4.78, 5) is 4.52. The van der Waals surface area contributed by atoms with E-state index in [1.807, 2.05) is 37.3 Å². The number of benzene rings is 1. The Balaban J connectivity index is 1.59. The van der Waals surface area contributed by atoms with Gasteiger partial charge in [-0.25, -0.2) is 4.98 Å². The van der Waals surface area contributed by atoms with Gasteiger partial charge >= 0.3 is 0 Å². The predicted octanol–water partition coefficient (Wildman–Crippen LogP) is 4.48. The van der Waals surface area contributed by atoms with E-state index in [1.165, 1.54) is 0 Å². The van der Waals surface area contributed by atoms with Crippen molar-refractivity contribution in [2.24, 2.45) is 0 Å². The zero-order chi connectivity index (χ0) is 15.6. The molecule has 0 amide bonds. The Hall–Kier alpha value is -2.60. The highest BCUT2D eigenvalue weighted by molar-refractivity contribution is 7.98. The lowest BCUT2D eigenvalue weighted by molar-refractivity contribution is 0.500. The summed E-state index contributed by atoms with van der Waals surface area (Å²) in [6.45, 7) is 1.91. The number of aryl methyl sites for hydroxylation is 1. The fourth-order valence-electron chi connectivity index (χ4n) is 2.31. The fourth-order valence-corrected chi connectivity index (χ4v) is 3.30. The zero-order valence-electron chi connectivity index (χ0n) is 12.4. The van der Waals surface area contributed by atoms with Crippen molar-refractivity contribution >= 4 is 22.5 Å². The SMILES string of the molecule is Cc1oc(-c2ccco2)nc1CSc1nncc2ccccc12. The van der Waals surface area contributed by atoms with Crippen LogP contribution >= 0.6 is 11.8 Å². The van der Waals surface area contributed by atoms with Crippen molar-refractivity contribution in [2.45, 2.75) is 17.7 Å². The molecule has 0 aliphatic rings. The third-order valence-electron chi connectivity index (χ3n) is 3.51. The standard InChI is InChI=1S/C17H13N3O2S/c1-11-14(19-16(22-11)15-7-4-8-21-15)10-23-17-13-6-3-2-5-12(13)9-18-20-17/h2-9H,10H2,1H3. The van der Waals surface area contributed by atoms with Crippen LogP contribution < -0.4 is 0 Å². The first-order chi connectivity index (χ1) is 11.3. The molecule has 3 aromatic heterocycles. The van der Waals surface area contributed by atoms with Gasteiger partial charge in [0.05, 0.1) is 18.2 Å². The summed E-state index contributed by atoms with van der Waals surface area (Å²) in [5.41, 5.74) is 0.885. The highest BCUT2D eigenvalue weighted by Crippen LogP contribution is 2.30. The molecule has 6 heteroatoms. The summed E-state index contributed by atoms with van der Waals surface area (Å²) in [7, 11) is 0. The highest BCUT2D eigenvalue weighted by Gasteiger charge is 2.14. The molecule has 0 atom stereocenters. The Labute approximate surface area is 136 Å². The Morgan fingerprint density at radius 2 is 2.04 bits per heavy atom. The number of aromatic nitrogens is 3. The van der Waals surface area contributed by atoms with E-state index in [0.717, 1.165) is 27.3 Å². The largest absolute Gasteiger partial charge is 0.459 e. The van der Waals surface area contributed by atoms with Gasteiger partial charge in [-0.2, -0.15) is 5.10 Å². The Kier molecular flexibility index (Phi) is 3.59. The van der Waals surface area contributed by atoms with E-state index >= 15 is 0 Å².